The van der Waals surface area contributed by atoms with Crippen LogP contribution < -0.4 is 4.74 Å². The molecule has 202 valence electrons. The number of hydrogen-bond acceptors (Lipinski definition) is 6. The maximum atomic E-state index is 13.6. The van der Waals surface area contributed by atoms with E-state index in [1.54, 1.807) is 13.2 Å². The Morgan fingerprint density at radius 2 is 1.57 bits per heavy atom. The number of fused-ring (bicyclic) bond motifs is 6. The zero-order chi connectivity index (χ0) is 27.2. The van der Waals surface area contributed by atoms with Crippen LogP contribution in [0.2, 0.25) is 0 Å². The van der Waals surface area contributed by atoms with Gasteiger partial charge in [-0.15, -0.1) is 0 Å². The lowest BCUT2D eigenvalue weighted by Gasteiger charge is -2.47. The Labute approximate surface area is 232 Å². The third-order valence-corrected chi connectivity index (χ3v) is 8.60. The van der Waals surface area contributed by atoms with Crippen LogP contribution >= 0.6 is 0 Å². The molecule has 2 bridgehead atoms. The van der Waals surface area contributed by atoms with E-state index < -0.39 is 0 Å². The van der Waals surface area contributed by atoms with Gasteiger partial charge in [0.15, 0.2) is 5.78 Å². The number of methoxy groups -OCH3 is 1. The van der Waals surface area contributed by atoms with Crippen molar-refractivity contribution in [3.63, 3.8) is 0 Å². The lowest BCUT2D eigenvalue weighted by molar-refractivity contribution is -0.0747. The number of amides is 1. The average molecular weight is 535 g/mol. The van der Waals surface area contributed by atoms with Gasteiger partial charge >= 0.3 is 6.09 Å². The van der Waals surface area contributed by atoms with Gasteiger partial charge in [0, 0.05) is 28.9 Å². The third-order valence-electron chi connectivity index (χ3n) is 8.60. The van der Waals surface area contributed by atoms with E-state index in [2.05, 4.69) is 29.2 Å². The number of hydrogen-bond donors (Lipinski definition) is 0. The molecule has 40 heavy (non-hydrogen) atoms. The summed E-state index contributed by atoms with van der Waals surface area (Å²) in [5.41, 5.74) is 6.23. The topological polar surface area (TPSA) is 78.0 Å². The van der Waals surface area contributed by atoms with Crippen LogP contribution in [-0.2, 0) is 9.47 Å². The molecule has 2 aliphatic heterocycles. The van der Waals surface area contributed by atoms with E-state index in [1.807, 2.05) is 53.4 Å². The van der Waals surface area contributed by atoms with Gasteiger partial charge in [0.05, 0.1) is 37.9 Å². The first kappa shape index (κ1) is 24.8. The van der Waals surface area contributed by atoms with Gasteiger partial charge in [0.2, 0.25) is 5.88 Å². The number of carbonyl (C=O) groups excluding carboxylic acids is 2. The van der Waals surface area contributed by atoms with Crippen LogP contribution in [0.3, 0.4) is 0 Å². The highest BCUT2D eigenvalue weighted by molar-refractivity contribution is 6.01. The van der Waals surface area contributed by atoms with Crippen molar-refractivity contribution < 1.29 is 23.8 Å². The summed E-state index contributed by atoms with van der Waals surface area (Å²) in [5, 5.41) is 0.895. The first-order valence-corrected chi connectivity index (χ1v) is 13.8. The van der Waals surface area contributed by atoms with Gasteiger partial charge in [-0.3, -0.25) is 9.69 Å². The largest absolute Gasteiger partial charge is 0.481 e. The number of rotatable bonds is 5. The molecule has 1 aliphatic carbocycles. The van der Waals surface area contributed by atoms with Crippen molar-refractivity contribution in [1.29, 1.82) is 0 Å². The molecule has 1 aromatic heterocycles. The fourth-order valence-corrected chi connectivity index (χ4v) is 6.71. The maximum absolute atomic E-state index is 13.6. The number of ketones is 1. The average Bonchev–Trinajstić information content (AvgIpc) is 3.31. The Bertz CT molecular complexity index is 1560. The van der Waals surface area contributed by atoms with E-state index in [0.29, 0.717) is 37.5 Å². The molecule has 7 heteroatoms. The SMILES string of the molecule is COc1ccc2cc(C(=O)C3CC4COCC(C3)N4C(=O)OCC3c4ccccc4-c4ccccc43)ccc2n1. The first-order chi connectivity index (χ1) is 19.6. The van der Waals surface area contributed by atoms with Crippen molar-refractivity contribution in [3.8, 4) is 17.0 Å². The summed E-state index contributed by atoms with van der Waals surface area (Å²) in [6.45, 7) is 1.10. The summed E-state index contributed by atoms with van der Waals surface area (Å²) >= 11 is 0. The predicted octanol–water partition coefficient (Wildman–Crippen LogP) is 5.85. The molecule has 3 aliphatic rings. The zero-order valence-electron chi connectivity index (χ0n) is 22.3. The molecule has 3 aromatic carbocycles. The molecular weight excluding hydrogens is 504 g/mol. The summed E-state index contributed by atoms with van der Waals surface area (Å²) < 4.78 is 17.0. The summed E-state index contributed by atoms with van der Waals surface area (Å²) in [7, 11) is 1.58. The van der Waals surface area contributed by atoms with Gasteiger partial charge in [-0.2, -0.15) is 0 Å². The molecule has 0 radical (unpaired) electrons. The molecule has 7 rings (SSSR count). The van der Waals surface area contributed by atoms with Crippen molar-refractivity contribution in [2.24, 2.45) is 5.92 Å². The van der Waals surface area contributed by atoms with Crippen LogP contribution in [-0.4, -0.2) is 60.8 Å². The van der Waals surface area contributed by atoms with Crippen molar-refractivity contribution in [2.75, 3.05) is 26.9 Å². The number of pyridine rings is 1. The molecule has 4 aromatic rings. The van der Waals surface area contributed by atoms with Crippen LogP contribution in [0.15, 0.2) is 78.9 Å². The van der Waals surface area contributed by atoms with E-state index in [0.717, 1.165) is 10.9 Å². The molecule has 7 nitrogen and oxygen atoms in total. The minimum atomic E-state index is -0.322. The molecule has 0 spiro atoms. The number of ether oxygens (including phenoxy) is 3. The smallest absolute Gasteiger partial charge is 0.410 e. The molecule has 0 saturated carbocycles. The zero-order valence-corrected chi connectivity index (χ0v) is 22.3. The standard InChI is InChI=1S/C33H30N2O5/c1-38-31-13-11-20-14-21(10-12-30(20)34-31)32(36)22-15-23-17-39-18-24(16-22)35(23)33(37)40-19-29-27-8-4-2-6-25(27)26-7-3-5-9-28(26)29/h2-14,22-24,29H,15-19H2,1H3. The van der Waals surface area contributed by atoms with Crippen molar-refractivity contribution in [3.05, 3.63) is 95.6 Å². The second-order valence-electron chi connectivity index (χ2n) is 10.9. The molecule has 2 saturated heterocycles. The van der Waals surface area contributed by atoms with E-state index in [1.165, 1.54) is 22.3 Å². The normalized spacial score (nSPS) is 21.5. The fraction of sp³-hybridized carbons (Fsp3) is 0.303. The summed E-state index contributed by atoms with van der Waals surface area (Å²) in [5.74, 6) is 0.468. The lowest BCUT2D eigenvalue weighted by Crippen LogP contribution is -2.60. The number of aromatic nitrogens is 1. The van der Waals surface area contributed by atoms with Gasteiger partial charge in [-0.25, -0.2) is 9.78 Å². The van der Waals surface area contributed by atoms with E-state index in [4.69, 9.17) is 14.2 Å². The summed E-state index contributed by atoms with van der Waals surface area (Å²) in [6.07, 6.45) is 0.786. The molecule has 2 unspecified atom stereocenters. The van der Waals surface area contributed by atoms with Gasteiger partial charge in [-0.05, 0) is 59.4 Å². The number of benzene rings is 3. The van der Waals surface area contributed by atoms with Crippen molar-refractivity contribution >= 4 is 22.8 Å². The number of carbonyl (C=O) groups is 2. The van der Waals surface area contributed by atoms with Crippen molar-refractivity contribution in [1.82, 2.24) is 9.88 Å². The molecule has 1 amide bonds. The number of nitrogens with zero attached hydrogens (tertiary/aromatic N) is 2. The molecular formula is C33H30N2O5. The van der Waals surface area contributed by atoms with Crippen LogP contribution in [0.25, 0.3) is 22.0 Å². The minimum absolute atomic E-state index is 0.00826. The minimum Gasteiger partial charge on any atom is -0.481 e. The van der Waals surface area contributed by atoms with Gasteiger partial charge in [-0.1, -0.05) is 48.5 Å². The fourth-order valence-electron chi connectivity index (χ4n) is 6.71. The van der Waals surface area contributed by atoms with Gasteiger partial charge < -0.3 is 14.2 Å². The van der Waals surface area contributed by atoms with Crippen LogP contribution in [0.4, 0.5) is 4.79 Å². The van der Waals surface area contributed by atoms with Gasteiger partial charge in [0.25, 0.3) is 0 Å². The molecule has 3 heterocycles. The van der Waals surface area contributed by atoms with Crippen LogP contribution in [0.5, 0.6) is 5.88 Å². The van der Waals surface area contributed by atoms with Crippen molar-refractivity contribution in [2.45, 2.75) is 30.8 Å². The quantitative estimate of drug-likeness (QED) is 0.299. The Balaban J connectivity index is 1.06. The monoisotopic (exact) mass is 534 g/mol. The van der Waals surface area contributed by atoms with Crippen LogP contribution in [0, 0.1) is 5.92 Å². The summed E-state index contributed by atoms with van der Waals surface area (Å²) in [4.78, 5) is 33.3. The third kappa shape index (κ3) is 4.21. The van der Waals surface area contributed by atoms with E-state index in [9.17, 15) is 9.59 Å². The maximum Gasteiger partial charge on any atom is 0.410 e. The van der Waals surface area contributed by atoms with Gasteiger partial charge in [0.1, 0.15) is 6.61 Å². The lowest BCUT2D eigenvalue weighted by atomic mass is 9.80. The number of Topliss-reactive ketones (excluding diaryl/α,β-unsaturated/α-hetero) is 1. The molecule has 2 atom stereocenters. The second-order valence-corrected chi connectivity index (χ2v) is 10.9. The Morgan fingerprint density at radius 1 is 0.900 bits per heavy atom. The van der Waals surface area contributed by atoms with Crippen LogP contribution in [0.1, 0.15) is 40.2 Å². The Hall–Kier alpha value is -4.23. The second kappa shape index (κ2) is 10.1. The summed E-state index contributed by atoms with van der Waals surface area (Å²) in [6, 6.07) is 25.6. The molecule has 0 N–H and O–H groups in total. The highest BCUT2D eigenvalue weighted by Crippen LogP contribution is 2.45. The predicted molar refractivity (Wildman–Crippen MR) is 151 cm³/mol. The molecule has 2 fully saturated rings. The number of morpholine rings is 1. The number of piperidine rings is 1. The highest BCUT2D eigenvalue weighted by Gasteiger charge is 2.45. The first-order valence-electron chi connectivity index (χ1n) is 13.8. The van der Waals surface area contributed by atoms with E-state index >= 15 is 0 Å². The Morgan fingerprint density at radius 3 is 2.25 bits per heavy atom. The Kier molecular flexibility index (Phi) is 6.24. The highest BCUT2D eigenvalue weighted by atomic mass is 16.6. The van der Waals surface area contributed by atoms with E-state index in [-0.39, 0.29) is 42.4 Å².